The molecule has 1 unspecified atom stereocenters. The van der Waals surface area contributed by atoms with Crippen LogP contribution in [0.2, 0.25) is 5.02 Å². The minimum Gasteiger partial charge on any atom is -0.382 e. The summed E-state index contributed by atoms with van der Waals surface area (Å²) < 4.78 is 5.38. The summed E-state index contributed by atoms with van der Waals surface area (Å²) in [4.78, 5) is 0. The van der Waals surface area contributed by atoms with E-state index in [9.17, 15) is 0 Å². The smallest absolute Gasteiger partial charge is 0.0468 e. The molecule has 0 radical (unpaired) electrons. The maximum Gasteiger partial charge on any atom is 0.0468 e. The third kappa shape index (κ3) is 5.33. The predicted molar refractivity (Wildman–Crippen MR) is 73.6 cm³/mol. The van der Waals surface area contributed by atoms with Gasteiger partial charge in [-0.1, -0.05) is 39.7 Å². The fourth-order valence-electron chi connectivity index (χ4n) is 1.63. The van der Waals surface area contributed by atoms with Gasteiger partial charge in [0.25, 0.3) is 0 Å². The van der Waals surface area contributed by atoms with E-state index in [1.807, 2.05) is 25.1 Å². The fourth-order valence-corrected chi connectivity index (χ4v) is 2.39. The fraction of sp³-hybridized carbons (Fsp3) is 0.538. The molecule has 3 heteroatoms. The SMILES string of the molecule is CCOCCC(CBr)Cc1cccc(Cl)c1. The van der Waals surface area contributed by atoms with E-state index in [1.54, 1.807) is 0 Å². The molecule has 0 aliphatic heterocycles. The molecule has 1 nitrogen and oxygen atoms in total. The highest BCUT2D eigenvalue weighted by Gasteiger charge is 2.08. The summed E-state index contributed by atoms with van der Waals surface area (Å²) >= 11 is 9.52. The van der Waals surface area contributed by atoms with Gasteiger partial charge in [-0.05, 0) is 43.4 Å². The van der Waals surface area contributed by atoms with Crippen molar-refractivity contribution < 1.29 is 4.74 Å². The zero-order chi connectivity index (χ0) is 11.8. The normalized spacial score (nSPS) is 12.7. The Morgan fingerprint density at radius 2 is 2.25 bits per heavy atom. The number of hydrogen-bond donors (Lipinski definition) is 0. The zero-order valence-electron chi connectivity index (χ0n) is 9.59. The van der Waals surface area contributed by atoms with Gasteiger partial charge in [-0.2, -0.15) is 0 Å². The van der Waals surface area contributed by atoms with Gasteiger partial charge >= 0.3 is 0 Å². The van der Waals surface area contributed by atoms with Gasteiger partial charge in [0.1, 0.15) is 0 Å². The Morgan fingerprint density at radius 3 is 2.88 bits per heavy atom. The molecule has 1 aromatic carbocycles. The van der Waals surface area contributed by atoms with Gasteiger partial charge in [-0.3, -0.25) is 0 Å². The number of benzene rings is 1. The second kappa shape index (κ2) is 8.10. The second-order valence-electron chi connectivity index (χ2n) is 3.84. The van der Waals surface area contributed by atoms with Crippen LogP contribution >= 0.6 is 27.5 Å². The van der Waals surface area contributed by atoms with E-state index in [2.05, 4.69) is 22.0 Å². The molecule has 1 atom stereocenters. The third-order valence-electron chi connectivity index (χ3n) is 2.51. The summed E-state index contributed by atoms with van der Waals surface area (Å²) in [7, 11) is 0. The van der Waals surface area contributed by atoms with Crippen LogP contribution in [0.4, 0.5) is 0 Å². The van der Waals surface area contributed by atoms with Crippen LogP contribution in [-0.2, 0) is 11.2 Å². The minimum atomic E-state index is 0.616. The van der Waals surface area contributed by atoms with Gasteiger partial charge in [0, 0.05) is 23.6 Å². The second-order valence-corrected chi connectivity index (χ2v) is 4.92. The molecule has 16 heavy (non-hydrogen) atoms. The van der Waals surface area contributed by atoms with Gasteiger partial charge in [0.05, 0.1) is 0 Å². The molecule has 0 heterocycles. The molecule has 0 fully saturated rings. The molecule has 1 rings (SSSR count). The number of rotatable bonds is 7. The van der Waals surface area contributed by atoms with Gasteiger partial charge in [-0.25, -0.2) is 0 Å². The van der Waals surface area contributed by atoms with Crippen molar-refractivity contribution in [1.29, 1.82) is 0 Å². The zero-order valence-corrected chi connectivity index (χ0v) is 11.9. The van der Waals surface area contributed by atoms with Gasteiger partial charge < -0.3 is 4.74 Å². The van der Waals surface area contributed by atoms with E-state index in [0.717, 1.165) is 36.4 Å². The molecular weight excluding hydrogens is 287 g/mol. The maximum atomic E-state index is 5.96. The minimum absolute atomic E-state index is 0.616. The average molecular weight is 306 g/mol. The van der Waals surface area contributed by atoms with Crippen LogP contribution in [0.3, 0.4) is 0 Å². The van der Waals surface area contributed by atoms with E-state index >= 15 is 0 Å². The van der Waals surface area contributed by atoms with Crippen LogP contribution < -0.4 is 0 Å². The summed E-state index contributed by atoms with van der Waals surface area (Å²) in [6.07, 6.45) is 2.14. The summed E-state index contributed by atoms with van der Waals surface area (Å²) in [5.74, 6) is 0.616. The van der Waals surface area contributed by atoms with E-state index in [0.29, 0.717) is 5.92 Å². The molecule has 0 aliphatic carbocycles. The monoisotopic (exact) mass is 304 g/mol. The molecule has 0 saturated heterocycles. The van der Waals surface area contributed by atoms with E-state index in [-0.39, 0.29) is 0 Å². The van der Waals surface area contributed by atoms with Crippen LogP contribution in [0, 0.1) is 5.92 Å². The maximum absolute atomic E-state index is 5.96. The van der Waals surface area contributed by atoms with Gasteiger partial charge in [0.2, 0.25) is 0 Å². The Kier molecular flexibility index (Phi) is 7.10. The Labute approximate surface area is 111 Å². The number of ether oxygens (including phenoxy) is 1. The molecule has 0 amide bonds. The molecule has 1 aromatic rings. The molecule has 0 N–H and O–H groups in total. The predicted octanol–water partition coefficient (Wildman–Crippen LogP) is 4.32. The van der Waals surface area contributed by atoms with Crippen LogP contribution in [0.5, 0.6) is 0 Å². The number of halogens is 2. The van der Waals surface area contributed by atoms with Crippen molar-refractivity contribution in [2.24, 2.45) is 5.92 Å². The molecule has 90 valence electrons. The molecule has 0 aromatic heterocycles. The summed E-state index contributed by atoms with van der Waals surface area (Å²) in [6.45, 7) is 3.67. The highest BCUT2D eigenvalue weighted by atomic mass is 79.9. The van der Waals surface area contributed by atoms with Crippen molar-refractivity contribution in [3.63, 3.8) is 0 Å². The Balaban J connectivity index is 2.43. The molecule has 0 saturated carbocycles. The van der Waals surface area contributed by atoms with Crippen molar-refractivity contribution in [3.8, 4) is 0 Å². The van der Waals surface area contributed by atoms with E-state index < -0.39 is 0 Å². The molecule has 0 spiro atoms. The molecule has 0 aliphatic rings. The lowest BCUT2D eigenvalue weighted by atomic mass is 9.98. The van der Waals surface area contributed by atoms with Crippen molar-refractivity contribution in [1.82, 2.24) is 0 Å². The number of alkyl halides is 1. The van der Waals surface area contributed by atoms with Crippen molar-refractivity contribution in [2.75, 3.05) is 18.5 Å². The lowest BCUT2D eigenvalue weighted by molar-refractivity contribution is 0.134. The summed E-state index contributed by atoms with van der Waals surface area (Å²) in [6, 6.07) is 8.08. The summed E-state index contributed by atoms with van der Waals surface area (Å²) in [5.41, 5.74) is 1.30. The first-order valence-electron chi connectivity index (χ1n) is 5.64. The lowest BCUT2D eigenvalue weighted by Gasteiger charge is -2.14. The topological polar surface area (TPSA) is 9.23 Å². The van der Waals surface area contributed by atoms with Crippen molar-refractivity contribution in [2.45, 2.75) is 19.8 Å². The Bertz CT molecular complexity index is 304. The third-order valence-corrected chi connectivity index (χ3v) is 3.66. The Morgan fingerprint density at radius 1 is 1.44 bits per heavy atom. The van der Waals surface area contributed by atoms with Gasteiger partial charge in [-0.15, -0.1) is 0 Å². The highest BCUT2D eigenvalue weighted by Crippen LogP contribution is 2.18. The van der Waals surface area contributed by atoms with Crippen LogP contribution in [0.1, 0.15) is 18.9 Å². The first-order valence-corrected chi connectivity index (χ1v) is 7.14. The quantitative estimate of drug-likeness (QED) is 0.538. The molecular formula is C13H18BrClO. The lowest BCUT2D eigenvalue weighted by Crippen LogP contribution is -2.10. The average Bonchev–Trinajstić information content (AvgIpc) is 2.28. The van der Waals surface area contributed by atoms with E-state index in [1.165, 1.54) is 5.56 Å². The number of hydrogen-bond acceptors (Lipinski definition) is 1. The first-order chi connectivity index (χ1) is 7.76. The van der Waals surface area contributed by atoms with Crippen molar-refractivity contribution >= 4 is 27.5 Å². The van der Waals surface area contributed by atoms with Crippen LogP contribution in [-0.4, -0.2) is 18.5 Å². The summed E-state index contributed by atoms with van der Waals surface area (Å²) in [5, 5.41) is 1.82. The van der Waals surface area contributed by atoms with Crippen LogP contribution in [0.25, 0.3) is 0 Å². The van der Waals surface area contributed by atoms with Crippen molar-refractivity contribution in [3.05, 3.63) is 34.9 Å². The Hall–Kier alpha value is -0.0500. The van der Waals surface area contributed by atoms with Crippen LogP contribution in [0.15, 0.2) is 24.3 Å². The highest BCUT2D eigenvalue weighted by molar-refractivity contribution is 9.09. The standard InChI is InChI=1S/C13H18BrClO/c1-2-16-7-6-12(10-14)8-11-4-3-5-13(15)9-11/h3-5,9,12H,2,6-8,10H2,1H3. The largest absolute Gasteiger partial charge is 0.382 e. The van der Waals surface area contributed by atoms with E-state index in [4.69, 9.17) is 16.3 Å². The molecule has 0 bridgehead atoms. The van der Waals surface area contributed by atoms with Gasteiger partial charge in [0.15, 0.2) is 0 Å². The first kappa shape index (κ1) is 14.0.